The van der Waals surface area contributed by atoms with Crippen molar-refractivity contribution in [3.05, 3.63) is 71.8 Å². The van der Waals surface area contributed by atoms with Crippen LogP contribution in [0.3, 0.4) is 0 Å². The van der Waals surface area contributed by atoms with Crippen molar-refractivity contribution < 1.29 is 14.7 Å². The predicted octanol–water partition coefficient (Wildman–Crippen LogP) is 3.90. The van der Waals surface area contributed by atoms with Gasteiger partial charge in [-0.3, -0.25) is 19.4 Å². The molecule has 0 aromatic heterocycles. The number of amides is 2. The van der Waals surface area contributed by atoms with Gasteiger partial charge in [0.25, 0.3) is 11.8 Å². The summed E-state index contributed by atoms with van der Waals surface area (Å²) < 4.78 is 0. The minimum absolute atomic E-state index is 0.118. The van der Waals surface area contributed by atoms with E-state index in [2.05, 4.69) is 35.7 Å². The molecule has 32 heavy (non-hydrogen) atoms. The minimum atomic E-state index is -0.362. The summed E-state index contributed by atoms with van der Waals surface area (Å²) in [6.07, 6.45) is 9.09. The van der Waals surface area contributed by atoms with Crippen LogP contribution >= 0.6 is 0 Å². The third kappa shape index (κ3) is 5.45. The lowest BCUT2D eigenvalue weighted by atomic mass is 9.83. The summed E-state index contributed by atoms with van der Waals surface area (Å²) in [4.78, 5) is 29.0. The highest BCUT2D eigenvalue weighted by atomic mass is 16.3. The fourth-order valence-corrected chi connectivity index (χ4v) is 4.98. The SMILES string of the molecule is C=CC1=C(/C=C\C)C(=O)N(CCCN2CC[C@H](Cc3ccccc3)CC2[C@@H](O)CC)C1=O. The smallest absolute Gasteiger partial charge is 0.261 e. The van der Waals surface area contributed by atoms with Crippen molar-refractivity contribution in [3.63, 3.8) is 0 Å². The maximum Gasteiger partial charge on any atom is 0.261 e. The predicted molar refractivity (Wildman–Crippen MR) is 128 cm³/mol. The molecule has 1 fully saturated rings. The Morgan fingerprint density at radius 2 is 1.88 bits per heavy atom. The van der Waals surface area contributed by atoms with Crippen LogP contribution in [0.5, 0.6) is 0 Å². The summed E-state index contributed by atoms with van der Waals surface area (Å²) in [5.41, 5.74) is 2.16. The number of benzene rings is 1. The van der Waals surface area contributed by atoms with Crippen molar-refractivity contribution in [1.82, 2.24) is 9.80 Å². The molecule has 3 atom stereocenters. The molecule has 0 aliphatic carbocycles. The van der Waals surface area contributed by atoms with Crippen LogP contribution in [0.1, 0.15) is 45.1 Å². The molecule has 2 amide bonds. The molecular formula is C27H36N2O3. The van der Waals surface area contributed by atoms with Gasteiger partial charge >= 0.3 is 0 Å². The molecule has 0 saturated carbocycles. The van der Waals surface area contributed by atoms with Crippen molar-refractivity contribution in [2.24, 2.45) is 5.92 Å². The number of hydrogen-bond donors (Lipinski definition) is 1. The van der Waals surface area contributed by atoms with Crippen LogP contribution in [0.4, 0.5) is 0 Å². The first-order valence-corrected chi connectivity index (χ1v) is 11.8. The van der Waals surface area contributed by atoms with Crippen molar-refractivity contribution in [3.8, 4) is 0 Å². The fraction of sp³-hybridized carbons (Fsp3) is 0.481. The second-order valence-corrected chi connectivity index (χ2v) is 8.81. The Morgan fingerprint density at radius 1 is 1.16 bits per heavy atom. The van der Waals surface area contributed by atoms with Gasteiger partial charge in [-0.1, -0.05) is 62.1 Å². The van der Waals surface area contributed by atoms with E-state index in [1.165, 1.54) is 16.5 Å². The van der Waals surface area contributed by atoms with Gasteiger partial charge in [-0.25, -0.2) is 0 Å². The van der Waals surface area contributed by atoms with E-state index >= 15 is 0 Å². The number of hydrogen-bond acceptors (Lipinski definition) is 4. The highest BCUT2D eigenvalue weighted by Crippen LogP contribution is 2.29. The largest absolute Gasteiger partial charge is 0.392 e. The Balaban J connectivity index is 1.58. The Hall–Kier alpha value is -2.50. The van der Waals surface area contributed by atoms with Crippen LogP contribution in [-0.2, 0) is 16.0 Å². The van der Waals surface area contributed by atoms with E-state index in [9.17, 15) is 14.7 Å². The molecule has 0 radical (unpaired) electrons. The normalized spacial score (nSPS) is 23.4. The zero-order valence-corrected chi connectivity index (χ0v) is 19.4. The van der Waals surface area contributed by atoms with Crippen LogP contribution in [0.25, 0.3) is 0 Å². The molecule has 1 aromatic rings. The van der Waals surface area contributed by atoms with E-state index < -0.39 is 0 Å². The number of rotatable bonds is 10. The van der Waals surface area contributed by atoms with Crippen molar-refractivity contribution in [2.45, 2.75) is 58.1 Å². The van der Waals surface area contributed by atoms with Crippen LogP contribution in [0.2, 0.25) is 0 Å². The maximum atomic E-state index is 12.7. The number of likely N-dealkylation sites (tertiary alicyclic amines) is 1. The van der Waals surface area contributed by atoms with Gasteiger partial charge in [0.1, 0.15) is 0 Å². The average molecular weight is 437 g/mol. The van der Waals surface area contributed by atoms with E-state index in [4.69, 9.17) is 0 Å². The number of allylic oxidation sites excluding steroid dienone is 1. The summed E-state index contributed by atoms with van der Waals surface area (Å²) in [7, 11) is 0. The fourth-order valence-electron chi connectivity index (χ4n) is 4.98. The van der Waals surface area contributed by atoms with Gasteiger partial charge in [-0.15, -0.1) is 0 Å². The molecular weight excluding hydrogens is 400 g/mol. The van der Waals surface area contributed by atoms with E-state index in [0.717, 1.165) is 38.8 Å². The summed E-state index contributed by atoms with van der Waals surface area (Å²) in [6.45, 7) is 9.63. The molecule has 0 spiro atoms. The Morgan fingerprint density at radius 3 is 2.53 bits per heavy atom. The van der Waals surface area contributed by atoms with Gasteiger partial charge < -0.3 is 5.11 Å². The zero-order chi connectivity index (χ0) is 23.1. The first kappa shape index (κ1) is 24.1. The molecule has 2 aliphatic heterocycles. The third-order valence-electron chi connectivity index (χ3n) is 6.70. The Labute approximate surface area is 192 Å². The molecule has 5 heteroatoms. The number of aliphatic hydroxyl groups excluding tert-OH is 1. The van der Waals surface area contributed by atoms with Crippen molar-refractivity contribution in [1.29, 1.82) is 0 Å². The summed E-state index contributed by atoms with van der Waals surface area (Å²) in [6, 6.07) is 10.7. The van der Waals surface area contributed by atoms with Crippen LogP contribution in [0.15, 0.2) is 66.3 Å². The Kier molecular flexibility index (Phi) is 8.60. The molecule has 172 valence electrons. The van der Waals surface area contributed by atoms with E-state index in [0.29, 0.717) is 30.0 Å². The van der Waals surface area contributed by atoms with Crippen molar-refractivity contribution >= 4 is 11.8 Å². The highest BCUT2D eigenvalue weighted by Gasteiger charge is 2.36. The number of nitrogens with zero attached hydrogens (tertiary/aromatic N) is 2. The number of piperidine rings is 1. The van der Waals surface area contributed by atoms with Gasteiger partial charge in [0.05, 0.1) is 17.3 Å². The zero-order valence-electron chi connectivity index (χ0n) is 19.4. The maximum absolute atomic E-state index is 12.7. The molecule has 1 saturated heterocycles. The van der Waals surface area contributed by atoms with Gasteiger partial charge in [0, 0.05) is 19.1 Å². The average Bonchev–Trinajstić information content (AvgIpc) is 3.03. The van der Waals surface area contributed by atoms with Crippen LogP contribution < -0.4 is 0 Å². The molecule has 1 N–H and O–H groups in total. The standard InChI is InChI=1S/C27H36N2O3/c1-4-11-23-22(5-2)26(31)29(27(23)32)16-10-15-28-17-14-21(19-24(28)25(30)6-3)18-20-12-8-7-9-13-20/h4-5,7-9,11-13,21,24-25,30H,2,6,10,14-19H2,1,3H3/b11-4-/t21-,24?,25+/m1/s1. The van der Waals surface area contributed by atoms with Gasteiger partial charge in [0.15, 0.2) is 0 Å². The molecule has 5 nitrogen and oxygen atoms in total. The molecule has 1 unspecified atom stereocenters. The first-order valence-electron chi connectivity index (χ1n) is 11.8. The second kappa shape index (κ2) is 11.4. The number of imide groups is 1. The lowest BCUT2D eigenvalue weighted by Crippen LogP contribution is -2.50. The topological polar surface area (TPSA) is 60.9 Å². The van der Waals surface area contributed by atoms with Crippen LogP contribution in [0, 0.1) is 5.92 Å². The number of aliphatic hydroxyl groups is 1. The Bertz CT molecular complexity index is 874. The van der Waals surface area contributed by atoms with Gasteiger partial charge in [-0.2, -0.15) is 0 Å². The number of carbonyl (C=O) groups is 2. The summed E-state index contributed by atoms with van der Waals surface area (Å²) in [5.74, 6) is 0.0591. The molecule has 2 heterocycles. The molecule has 2 aliphatic rings. The first-order chi connectivity index (χ1) is 15.5. The molecule has 0 bridgehead atoms. The second-order valence-electron chi connectivity index (χ2n) is 8.81. The van der Waals surface area contributed by atoms with Gasteiger partial charge in [0.2, 0.25) is 0 Å². The lowest BCUT2D eigenvalue weighted by molar-refractivity contribution is -0.137. The van der Waals surface area contributed by atoms with Crippen molar-refractivity contribution in [2.75, 3.05) is 19.6 Å². The molecule has 3 rings (SSSR count). The number of carbonyl (C=O) groups excluding carboxylic acids is 2. The highest BCUT2D eigenvalue weighted by molar-refractivity contribution is 6.21. The van der Waals surface area contributed by atoms with Gasteiger partial charge in [-0.05, 0) is 57.1 Å². The summed E-state index contributed by atoms with van der Waals surface area (Å²) in [5, 5.41) is 10.7. The van der Waals surface area contributed by atoms with E-state index in [-0.39, 0.29) is 24.0 Å². The molecule has 1 aromatic carbocycles. The monoisotopic (exact) mass is 436 g/mol. The third-order valence-corrected chi connectivity index (χ3v) is 6.70. The van der Waals surface area contributed by atoms with E-state index in [1.807, 2.05) is 19.9 Å². The van der Waals surface area contributed by atoms with Crippen LogP contribution in [-0.4, -0.2) is 58.5 Å². The summed E-state index contributed by atoms with van der Waals surface area (Å²) >= 11 is 0. The minimum Gasteiger partial charge on any atom is -0.392 e. The lowest BCUT2D eigenvalue weighted by Gasteiger charge is -2.42. The van der Waals surface area contributed by atoms with E-state index in [1.54, 1.807) is 12.2 Å². The quantitative estimate of drug-likeness (QED) is 0.565.